The van der Waals surface area contributed by atoms with Crippen LogP contribution in [0.1, 0.15) is 57.1 Å². The van der Waals surface area contributed by atoms with Gasteiger partial charge in [-0.2, -0.15) is 0 Å². The van der Waals surface area contributed by atoms with Crippen LogP contribution in [0.3, 0.4) is 0 Å². The lowest BCUT2D eigenvalue weighted by atomic mass is 9.97. The fraction of sp³-hybridized carbons (Fsp3) is 0.289. The van der Waals surface area contributed by atoms with Gasteiger partial charge in [-0.05, 0) is 65.1 Å². The van der Waals surface area contributed by atoms with Gasteiger partial charge in [0, 0.05) is 37.3 Å². The first-order valence-corrected chi connectivity index (χ1v) is 16.1. The van der Waals surface area contributed by atoms with Crippen LogP contribution in [-0.2, 0) is 29.0 Å². The Labute approximate surface area is 279 Å². The van der Waals surface area contributed by atoms with E-state index in [4.69, 9.17) is 18.9 Å². The van der Waals surface area contributed by atoms with E-state index in [9.17, 15) is 9.90 Å². The van der Waals surface area contributed by atoms with Crippen molar-refractivity contribution in [2.45, 2.75) is 44.5 Å². The van der Waals surface area contributed by atoms with Crippen LogP contribution >= 0.6 is 0 Å². The highest BCUT2D eigenvalue weighted by Crippen LogP contribution is 2.40. The van der Waals surface area contributed by atoms with E-state index in [1.807, 2.05) is 72.8 Å². The number of hydrogen-bond acceptors (Lipinski definition) is 9. The van der Waals surface area contributed by atoms with Crippen molar-refractivity contribution in [3.8, 4) is 11.5 Å². The van der Waals surface area contributed by atoms with Gasteiger partial charge in [0.1, 0.15) is 5.69 Å². The van der Waals surface area contributed by atoms with Crippen molar-refractivity contribution in [2.24, 2.45) is 0 Å². The SMILES string of the molecule is COc1cc2c(cc1OC)CN(C[C@@H]1C[C@H](c3ccc(CO)cc3)O[C@H](c3cccc(NC(=O)c4cnc5ccccc5n4)c3)O1)CC2. The molecule has 5 aromatic rings. The van der Waals surface area contributed by atoms with Gasteiger partial charge in [0.15, 0.2) is 17.8 Å². The summed E-state index contributed by atoms with van der Waals surface area (Å²) in [7, 11) is 3.32. The predicted octanol–water partition coefficient (Wildman–Crippen LogP) is 6.00. The molecule has 0 spiro atoms. The molecule has 1 aromatic heterocycles. The average molecular weight is 647 g/mol. The maximum atomic E-state index is 13.2. The molecule has 1 fully saturated rings. The number of carbonyl (C=O) groups excluding carboxylic acids is 1. The number of nitrogens with one attached hydrogen (secondary N) is 1. The molecule has 1 amide bonds. The van der Waals surface area contributed by atoms with Crippen molar-refractivity contribution in [1.82, 2.24) is 14.9 Å². The minimum Gasteiger partial charge on any atom is -0.493 e. The van der Waals surface area contributed by atoms with E-state index in [2.05, 4.69) is 32.3 Å². The summed E-state index contributed by atoms with van der Waals surface area (Å²) in [5, 5.41) is 12.5. The number of rotatable bonds is 9. The fourth-order valence-corrected chi connectivity index (χ4v) is 6.44. The molecule has 10 nitrogen and oxygen atoms in total. The standard InChI is InChI=1S/C38H38N4O6/c1-45-35-17-26-14-15-42(21-28(26)18-36(35)46-2)22-30-19-34(25-12-10-24(23-43)11-13-25)48-38(47-30)27-6-5-7-29(16-27)40-37(44)33-20-39-31-8-3-4-9-32(31)41-33/h3-13,16-18,20,30,34,38,43H,14-15,19,21-23H2,1-2H3,(H,40,44)/t30-,34+,38+/m0/s1. The average Bonchev–Trinajstić information content (AvgIpc) is 3.14. The van der Waals surface area contributed by atoms with E-state index >= 15 is 0 Å². The van der Waals surface area contributed by atoms with E-state index in [1.54, 1.807) is 14.2 Å². The highest BCUT2D eigenvalue weighted by Gasteiger charge is 2.34. The number of aromatic nitrogens is 2. The van der Waals surface area contributed by atoms with Gasteiger partial charge in [-0.1, -0.05) is 48.5 Å². The largest absolute Gasteiger partial charge is 0.493 e. The lowest BCUT2D eigenvalue weighted by Crippen LogP contribution is -2.41. The molecule has 2 aliphatic heterocycles. The molecule has 2 aliphatic rings. The Hall–Kier alpha value is -4.87. The summed E-state index contributed by atoms with van der Waals surface area (Å²) in [5.74, 6) is 1.13. The van der Waals surface area contributed by atoms with Gasteiger partial charge in [0.25, 0.3) is 5.91 Å². The first kappa shape index (κ1) is 31.7. The van der Waals surface area contributed by atoms with Crippen LogP contribution in [0.2, 0.25) is 0 Å². The molecule has 48 heavy (non-hydrogen) atoms. The van der Waals surface area contributed by atoms with Gasteiger partial charge >= 0.3 is 0 Å². The Morgan fingerprint density at radius 1 is 0.917 bits per heavy atom. The number of fused-ring (bicyclic) bond motifs is 2. The summed E-state index contributed by atoms with van der Waals surface area (Å²) < 4.78 is 24.3. The quantitative estimate of drug-likeness (QED) is 0.199. The first-order valence-electron chi connectivity index (χ1n) is 16.1. The second-order valence-corrected chi connectivity index (χ2v) is 12.1. The number of ether oxygens (including phenoxy) is 4. The zero-order valence-electron chi connectivity index (χ0n) is 27.0. The van der Waals surface area contributed by atoms with Gasteiger partial charge in [0.05, 0.1) is 50.3 Å². The molecule has 0 saturated carbocycles. The zero-order chi connectivity index (χ0) is 33.0. The molecule has 10 heteroatoms. The zero-order valence-corrected chi connectivity index (χ0v) is 27.0. The molecule has 3 heterocycles. The number of hydrogen-bond donors (Lipinski definition) is 2. The van der Waals surface area contributed by atoms with Crippen molar-refractivity contribution in [3.05, 3.63) is 125 Å². The van der Waals surface area contributed by atoms with Gasteiger partial charge in [0.2, 0.25) is 0 Å². The van der Waals surface area contributed by atoms with Crippen LogP contribution in [0.4, 0.5) is 5.69 Å². The summed E-state index contributed by atoms with van der Waals surface area (Å²) in [6, 6.07) is 27.0. The third-order valence-electron chi connectivity index (χ3n) is 8.97. The third-order valence-corrected chi connectivity index (χ3v) is 8.97. The maximum absolute atomic E-state index is 13.2. The second kappa shape index (κ2) is 14.1. The number of nitrogens with zero attached hydrogens (tertiary/aromatic N) is 3. The summed E-state index contributed by atoms with van der Waals surface area (Å²) >= 11 is 0. The number of para-hydroxylation sites is 2. The highest BCUT2D eigenvalue weighted by molar-refractivity contribution is 6.03. The molecule has 4 aromatic carbocycles. The number of aliphatic hydroxyl groups excluding tert-OH is 1. The molecule has 2 N–H and O–H groups in total. The number of aliphatic hydroxyl groups is 1. The minimum atomic E-state index is -0.662. The van der Waals surface area contributed by atoms with E-state index in [-0.39, 0.29) is 30.4 Å². The van der Waals surface area contributed by atoms with E-state index in [0.29, 0.717) is 17.6 Å². The number of benzene rings is 4. The van der Waals surface area contributed by atoms with Crippen LogP contribution in [0.25, 0.3) is 11.0 Å². The van der Waals surface area contributed by atoms with Crippen molar-refractivity contribution < 1.29 is 28.8 Å². The van der Waals surface area contributed by atoms with Gasteiger partial charge in [-0.15, -0.1) is 0 Å². The molecule has 3 atom stereocenters. The summed E-state index contributed by atoms with van der Waals surface area (Å²) in [6.07, 6.45) is 2.04. The number of carbonyl (C=O) groups is 1. The van der Waals surface area contributed by atoms with Crippen molar-refractivity contribution in [3.63, 3.8) is 0 Å². The van der Waals surface area contributed by atoms with Gasteiger partial charge in [-0.25, -0.2) is 4.98 Å². The van der Waals surface area contributed by atoms with Crippen LogP contribution < -0.4 is 14.8 Å². The molecule has 7 rings (SSSR count). The molecule has 0 unspecified atom stereocenters. The Bertz CT molecular complexity index is 1920. The van der Waals surface area contributed by atoms with Crippen LogP contribution in [-0.4, -0.2) is 59.3 Å². The molecule has 0 bridgehead atoms. The predicted molar refractivity (Wildman–Crippen MR) is 181 cm³/mol. The van der Waals surface area contributed by atoms with Gasteiger partial charge in [-0.3, -0.25) is 14.7 Å². The molecular formula is C38H38N4O6. The Morgan fingerprint density at radius 3 is 2.46 bits per heavy atom. The molecule has 246 valence electrons. The molecule has 0 radical (unpaired) electrons. The van der Waals surface area contributed by atoms with Crippen LogP contribution in [0, 0.1) is 0 Å². The maximum Gasteiger partial charge on any atom is 0.275 e. The Morgan fingerprint density at radius 2 is 1.69 bits per heavy atom. The summed E-state index contributed by atoms with van der Waals surface area (Å²) in [6.45, 7) is 2.37. The smallest absolute Gasteiger partial charge is 0.275 e. The Balaban J connectivity index is 1.10. The third kappa shape index (κ3) is 6.88. The molecule has 0 aliphatic carbocycles. The first-order chi connectivity index (χ1) is 23.5. The van der Waals surface area contributed by atoms with Crippen LogP contribution in [0.5, 0.6) is 11.5 Å². The fourth-order valence-electron chi connectivity index (χ4n) is 6.44. The number of amides is 1. The van der Waals surface area contributed by atoms with Gasteiger partial charge < -0.3 is 29.4 Å². The monoisotopic (exact) mass is 646 g/mol. The summed E-state index contributed by atoms with van der Waals surface area (Å²) in [5.41, 5.74) is 7.36. The number of methoxy groups -OCH3 is 2. The minimum absolute atomic E-state index is 0.0173. The van der Waals surface area contributed by atoms with E-state index in [0.717, 1.165) is 59.8 Å². The van der Waals surface area contributed by atoms with Crippen LogP contribution in [0.15, 0.2) is 91.1 Å². The highest BCUT2D eigenvalue weighted by atomic mass is 16.7. The normalized spacial score (nSPS) is 19.4. The number of anilines is 1. The van der Waals surface area contributed by atoms with E-state index < -0.39 is 6.29 Å². The van der Waals surface area contributed by atoms with Crippen molar-refractivity contribution in [2.75, 3.05) is 32.6 Å². The van der Waals surface area contributed by atoms with E-state index in [1.165, 1.54) is 17.3 Å². The summed E-state index contributed by atoms with van der Waals surface area (Å²) in [4.78, 5) is 24.4. The topological polar surface area (TPSA) is 115 Å². The molecule has 1 saturated heterocycles. The van der Waals surface area contributed by atoms with Crippen molar-refractivity contribution >= 4 is 22.6 Å². The second-order valence-electron chi connectivity index (χ2n) is 12.1. The Kier molecular flexibility index (Phi) is 9.31. The lowest BCUT2D eigenvalue weighted by Gasteiger charge is -2.39. The van der Waals surface area contributed by atoms with Crippen molar-refractivity contribution in [1.29, 1.82) is 0 Å². The lowest BCUT2D eigenvalue weighted by molar-refractivity contribution is -0.253. The molecular weight excluding hydrogens is 608 g/mol.